The van der Waals surface area contributed by atoms with Crippen LogP contribution in [-0.2, 0) is 14.3 Å². The molecule has 0 radical (unpaired) electrons. The molecular weight excluding hydrogens is 377 g/mol. The molecule has 0 saturated carbocycles. The molecule has 4 rings (SSSR count). The van der Waals surface area contributed by atoms with Crippen molar-refractivity contribution in [2.45, 2.75) is 25.8 Å². The molecule has 2 aliphatic rings. The van der Waals surface area contributed by atoms with Gasteiger partial charge < -0.3 is 20.3 Å². The van der Waals surface area contributed by atoms with E-state index in [0.29, 0.717) is 11.3 Å². The molecule has 7 nitrogen and oxygen atoms in total. The number of anilines is 3. The number of nitrogens with zero attached hydrogens (tertiary/aromatic N) is 1. The quantitative estimate of drug-likeness (QED) is 0.775. The van der Waals surface area contributed by atoms with Gasteiger partial charge in [0.25, 0.3) is 5.91 Å². The van der Waals surface area contributed by atoms with E-state index < -0.39 is 24.3 Å². The highest BCUT2D eigenvalue weighted by Crippen LogP contribution is 2.37. The molecule has 29 heavy (non-hydrogen) atoms. The van der Waals surface area contributed by atoms with Crippen LogP contribution in [0.15, 0.2) is 36.4 Å². The number of carbonyl (C=O) groups is 3. The normalized spacial score (nSPS) is 17.2. The van der Waals surface area contributed by atoms with E-state index in [9.17, 15) is 18.8 Å². The van der Waals surface area contributed by atoms with Gasteiger partial charge in [-0.15, -0.1) is 0 Å². The Morgan fingerprint density at radius 1 is 1.28 bits per heavy atom. The van der Waals surface area contributed by atoms with Gasteiger partial charge >= 0.3 is 5.97 Å². The third-order valence-corrected chi connectivity index (χ3v) is 5.14. The molecule has 2 N–H and O–H groups in total. The van der Waals surface area contributed by atoms with Crippen LogP contribution in [-0.4, -0.2) is 37.0 Å². The molecule has 2 aliphatic heterocycles. The minimum atomic E-state index is -0.684. The van der Waals surface area contributed by atoms with Gasteiger partial charge in [0.15, 0.2) is 6.61 Å². The fraction of sp³-hybridized carbons (Fsp3) is 0.286. The summed E-state index contributed by atoms with van der Waals surface area (Å²) in [5.41, 5.74) is 2.42. The summed E-state index contributed by atoms with van der Waals surface area (Å²) < 4.78 is 18.6. The molecule has 1 saturated heterocycles. The first-order valence-electron chi connectivity index (χ1n) is 9.37. The van der Waals surface area contributed by atoms with Gasteiger partial charge in [-0.3, -0.25) is 9.59 Å². The SMILES string of the molecule is Cc1ccc(NC(=O)COC(=O)c2ccc3c(c2)NC(=O)[C@H]2CCCN32)cc1F. The maximum atomic E-state index is 13.5. The number of carbonyl (C=O) groups excluding carboxylic acids is 3. The zero-order chi connectivity index (χ0) is 20.5. The van der Waals surface area contributed by atoms with Crippen molar-refractivity contribution in [3.05, 3.63) is 53.3 Å². The van der Waals surface area contributed by atoms with Crippen LogP contribution in [0.5, 0.6) is 0 Å². The lowest BCUT2D eigenvalue weighted by molar-refractivity contribution is -0.119. The molecule has 2 aromatic carbocycles. The standard InChI is InChI=1S/C21H20FN3O4/c1-12-4-6-14(10-15(12)22)23-19(26)11-29-21(28)13-5-7-17-16(9-13)24-20(27)18-3-2-8-25(17)18/h4-7,9-10,18H,2-3,8,11H2,1H3,(H,23,26)(H,24,27)/t18-/m1/s1. The van der Waals surface area contributed by atoms with Crippen LogP contribution in [0.25, 0.3) is 0 Å². The molecule has 2 aromatic rings. The van der Waals surface area contributed by atoms with Gasteiger partial charge in [0.2, 0.25) is 5.91 Å². The van der Waals surface area contributed by atoms with E-state index in [-0.39, 0.29) is 23.2 Å². The fourth-order valence-corrected chi connectivity index (χ4v) is 3.64. The Labute approximate surface area is 166 Å². The Balaban J connectivity index is 1.39. The van der Waals surface area contributed by atoms with Crippen LogP contribution < -0.4 is 15.5 Å². The van der Waals surface area contributed by atoms with Crippen molar-refractivity contribution in [1.82, 2.24) is 0 Å². The predicted octanol–water partition coefficient (Wildman–Crippen LogP) is 2.85. The summed E-state index contributed by atoms with van der Waals surface area (Å²) >= 11 is 0. The van der Waals surface area contributed by atoms with E-state index in [1.807, 2.05) is 4.90 Å². The van der Waals surface area contributed by atoms with Crippen LogP contribution in [0.4, 0.5) is 21.5 Å². The smallest absolute Gasteiger partial charge is 0.338 e. The summed E-state index contributed by atoms with van der Waals surface area (Å²) in [5.74, 6) is -1.77. The average Bonchev–Trinajstić information content (AvgIpc) is 3.19. The van der Waals surface area contributed by atoms with E-state index in [2.05, 4.69) is 10.6 Å². The predicted molar refractivity (Wildman–Crippen MR) is 105 cm³/mol. The minimum absolute atomic E-state index is 0.0785. The Hall–Kier alpha value is -3.42. The van der Waals surface area contributed by atoms with Gasteiger partial charge in [0.1, 0.15) is 11.9 Å². The number of rotatable bonds is 4. The molecule has 0 spiro atoms. The summed E-state index contributed by atoms with van der Waals surface area (Å²) in [7, 11) is 0. The van der Waals surface area contributed by atoms with Crippen molar-refractivity contribution in [2.24, 2.45) is 0 Å². The molecule has 2 amide bonds. The number of hydrogen-bond acceptors (Lipinski definition) is 5. The summed E-state index contributed by atoms with van der Waals surface area (Å²) in [6.07, 6.45) is 1.76. The Morgan fingerprint density at radius 2 is 2.10 bits per heavy atom. The van der Waals surface area contributed by atoms with E-state index >= 15 is 0 Å². The molecule has 1 fully saturated rings. The first kappa shape index (κ1) is 18.9. The first-order chi connectivity index (χ1) is 13.9. The van der Waals surface area contributed by atoms with E-state index in [4.69, 9.17) is 4.74 Å². The fourth-order valence-electron chi connectivity index (χ4n) is 3.64. The topological polar surface area (TPSA) is 87.7 Å². The number of amides is 2. The van der Waals surface area contributed by atoms with E-state index in [0.717, 1.165) is 25.1 Å². The lowest BCUT2D eigenvalue weighted by Gasteiger charge is -2.33. The number of ether oxygens (including phenoxy) is 1. The number of aryl methyl sites for hydroxylation is 1. The monoisotopic (exact) mass is 397 g/mol. The highest BCUT2D eigenvalue weighted by Gasteiger charge is 2.36. The summed E-state index contributed by atoms with van der Waals surface area (Å²) in [6, 6.07) is 9.10. The van der Waals surface area contributed by atoms with Crippen molar-refractivity contribution in [1.29, 1.82) is 0 Å². The van der Waals surface area contributed by atoms with Crippen molar-refractivity contribution in [2.75, 3.05) is 28.7 Å². The minimum Gasteiger partial charge on any atom is -0.452 e. The Bertz CT molecular complexity index is 1010. The summed E-state index contributed by atoms with van der Waals surface area (Å²) in [4.78, 5) is 38.5. The summed E-state index contributed by atoms with van der Waals surface area (Å²) in [6.45, 7) is 1.91. The van der Waals surface area contributed by atoms with E-state index in [1.54, 1.807) is 37.3 Å². The number of hydrogen-bond donors (Lipinski definition) is 2. The van der Waals surface area contributed by atoms with Gasteiger partial charge in [0.05, 0.1) is 16.9 Å². The van der Waals surface area contributed by atoms with Crippen LogP contribution >= 0.6 is 0 Å². The molecule has 1 atom stereocenters. The second-order valence-corrected chi connectivity index (χ2v) is 7.16. The first-order valence-corrected chi connectivity index (χ1v) is 9.37. The van der Waals surface area contributed by atoms with Crippen molar-refractivity contribution < 1.29 is 23.5 Å². The van der Waals surface area contributed by atoms with Gasteiger partial charge in [-0.25, -0.2) is 9.18 Å². The molecule has 2 heterocycles. The number of esters is 1. The van der Waals surface area contributed by atoms with E-state index in [1.165, 1.54) is 6.07 Å². The lowest BCUT2D eigenvalue weighted by atomic mass is 10.1. The number of fused-ring (bicyclic) bond motifs is 3. The summed E-state index contributed by atoms with van der Waals surface area (Å²) in [5, 5.41) is 5.31. The third kappa shape index (κ3) is 3.78. The highest BCUT2D eigenvalue weighted by atomic mass is 19.1. The maximum Gasteiger partial charge on any atom is 0.338 e. The van der Waals surface area contributed by atoms with Crippen LogP contribution in [0, 0.1) is 12.7 Å². The van der Waals surface area contributed by atoms with Crippen molar-refractivity contribution in [3.8, 4) is 0 Å². The van der Waals surface area contributed by atoms with Crippen LogP contribution in [0.1, 0.15) is 28.8 Å². The van der Waals surface area contributed by atoms with Crippen molar-refractivity contribution in [3.63, 3.8) is 0 Å². The zero-order valence-corrected chi connectivity index (χ0v) is 15.8. The molecule has 0 aromatic heterocycles. The number of nitrogens with one attached hydrogen (secondary N) is 2. The molecule has 0 unspecified atom stereocenters. The highest BCUT2D eigenvalue weighted by molar-refractivity contribution is 6.05. The Kier molecular flexibility index (Phi) is 4.92. The van der Waals surface area contributed by atoms with Gasteiger partial charge in [0, 0.05) is 12.2 Å². The Morgan fingerprint density at radius 3 is 2.90 bits per heavy atom. The second kappa shape index (κ2) is 7.54. The molecule has 8 heteroatoms. The van der Waals surface area contributed by atoms with Crippen molar-refractivity contribution >= 4 is 34.8 Å². The van der Waals surface area contributed by atoms with Gasteiger partial charge in [-0.2, -0.15) is 0 Å². The third-order valence-electron chi connectivity index (χ3n) is 5.14. The average molecular weight is 397 g/mol. The zero-order valence-electron chi connectivity index (χ0n) is 15.8. The second-order valence-electron chi connectivity index (χ2n) is 7.16. The van der Waals surface area contributed by atoms with Crippen LogP contribution in [0.3, 0.4) is 0 Å². The molecule has 0 aliphatic carbocycles. The molecule has 0 bridgehead atoms. The van der Waals surface area contributed by atoms with Crippen LogP contribution in [0.2, 0.25) is 0 Å². The maximum absolute atomic E-state index is 13.5. The number of halogens is 1. The molecular formula is C21H20FN3O4. The number of benzene rings is 2. The largest absolute Gasteiger partial charge is 0.452 e. The molecule has 150 valence electrons. The van der Waals surface area contributed by atoms with Gasteiger partial charge in [-0.1, -0.05) is 6.07 Å². The van der Waals surface area contributed by atoms with Gasteiger partial charge in [-0.05, 0) is 55.7 Å². The lowest BCUT2D eigenvalue weighted by Crippen LogP contribution is -2.43.